The Morgan fingerprint density at radius 3 is 1.64 bits per heavy atom. The molecule has 3 N–H and O–H groups in total. The zero-order chi connectivity index (χ0) is 49.7. The first kappa shape index (κ1) is 53.1. The van der Waals surface area contributed by atoms with Crippen LogP contribution < -0.4 is 0 Å². The third-order valence-corrected chi connectivity index (χ3v) is 13.2. The van der Waals surface area contributed by atoms with Gasteiger partial charge in [0.2, 0.25) is 0 Å². The lowest BCUT2D eigenvalue weighted by Crippen LogP contribution is -2.10. The largest absolute Gasteiger partial charge is 0.381 e. The number of nitrogens with one attached hydrogen (secondary N) is 3. The molecule has 0 bridgehead atoms. The molecule has 1 saturated heterocycles. The molecule has 0 aliphatic carbocycles. The van der Waals surface area contributed by atoms with Crippen molar-refractivity contribution in [2.75, 3.05) is 36.7 Å². The Bertz CT molecular complexity index is 3140. The van der Waals surface area contributed by atoms with Crippen molar-refractivity contribution in [3.63, 3.8) is 0 Å². The maximum Gasteiger partial charge on any atom is 0.188 e. The van der Waals surface area contributed by atoms with Gasteiger partial charge in [-0.2, -0.15) is 0 Å². The summed E-state index contributed by atoms with van der Waals surface area (Å²) in [5, 5.41) is 4.19. The van der Waals surface area contributed by atoms with Gasteiger partial charge in [-0.25, -0.2) is 19.4 Å². The number of unbranched alkanes of at least 4 members (excludes halogenated alkanes) is 2. The number of rotatable bonds is 17. The molecular weight excluding hydrogens is 958 g/mol. The standard InChI is InChI=1S/C26H24Cl2N4.C13H11ClN2O.C13H13ClN2.C4H8O/c1-29-19-8-10-24-22(15-19)23(16-31-24)25(7-5-13-28)32-17-18(6-3-4-12-27)21-14-20(30-2)9-11-26(21)32;1-15-9-4-5-12-10(7-9)11(8-16-12)13(17)3-2-6-14;1-15-11-5-6-13-12(8-11)10(9-16-13)4-2-3-7-14;1-2-4-5-3-1/h8-11,14-17,25,31H,3-7,12-13H2;4-5,7-8,16H,2-3,6H2;5-6,8-9,16H,2-4,7H2;1-4H2. The molecular formula is C56H56Cl4N8O2. The van der Waals surface area contributed by atoms with E-state index < -0.39 is 0 Å². The van der Waals surface area contributed by atoms with Crippen LogP contribution in [0.3, 0.4) is 0 Å². The lowest BCUT2D eigenvalue weighted by Gasteiger charge is -2.20. The molecule has 10 nitrogen and oxygen atoms in total. The summed E-state index contributed by atoms with van der Waals surface area (Å²) < 4.78 is 7.28. The van der Waals surface area contributed by atoms with Gasteiger partial charge < -0.3 is 24.3 Å². The minimum absolute atomic E-state index is 0.0685. The third kappa shape index (κ3) is 14.0. The predicted molar refractivity (Wildman–Crippen MR) is 292 cm³/mol. The summed E-state index contributed by atoms with van der Waals surface area (Å²) in [5.74, 6) is 2.52. The molecule has 9 rings (SSSR count). The maximum absolute atomic E-state index is 11.9. The molecule has 0 radical (unpaired) electrons. The van der Waals surface area contributed by atoms with Crippen LogP contribution in [0.5, 0.6) is 0 Å². The number of aryl methyl sites for hydroxylation is 2. The Balaban J connectivity index is 0.000000177. The number of hydrogen-bond acceptors (Lipinski definition) is 2. The number of aromatic amines is 3. The summed E-state index contributed by atoms with van der Waals surface area (Å²) in [6.07, 6.45) is 19.5. The molecule has 14 heteroatoms. The molecule has 4 aromatic heterocycles. The molecule has 1 aliphatic rings. The van der Waals surface area contributed by atoms with E-state index in [0.29, 0.717) is 58.8 Å². The van der Waals surface area contributed by atoms with Gasteiger partial charge in [0.05, 0.1) is 32.3 Å². The topological polar surface area (TPSA) is 96.0 Å². The first-order valence-corrected chi connectivity index (χ1v) is 25.7. The minimum atomic E-state index is 0.0685. The van der Waals surface area contributed by atoms with Crippen molar-refractivity contribution in [1.82, 2.24) is 19.5 Å². The van der Waals surface area contributed by atoms with E-state index in [9.17, 15) is 4.79 Å². The number of fused-ring (bicyclic) bond motifs is 4. The van der Waals surface area contributed by atoms with Crippen molar-refractivity contribution in [3.05, 3.63) is 166 Å². The second-order valence-corrected chi connectivity index (χ2v) is 18.3. The number of ether oxygens (including phenoxy) is 1. The maximum atomic E-state index is 11.9. The van der Waals surface area contributed by atoms with E-state index in [2.05, 4.69) is 57.4 Å². The number of aromatic nitrogens is 4. The summed E-state index contributed by atoms with van der Waals surface area (Å²) >= 11 is 23.3. The molecule has 0 saturated carbocycles. The highest BCUT2D eigenvalue weighted by molar-refractivity contribution is 6.18. The summed E-state index contributed by atoms with van der Waals surface area (Å²) in [4.78, 5) is 35.7. The predicted octanol–water partition coefficient (Wildman–Crippen LogP) is 17.4. The number of H-pyrrole nitrogens is 3. The molecule has 360 valence electrons. The number of Topliss-reactive ketones (excluding diaryl/α,β-unsaturated/α-hetero) is 1. The van der Waals surface area contributed by atoms with Crippen molar-refractivity contribution < 1.29 is 9.53 Å². The fourth-order valence-corrected chi connectivity index (χ4v) is 9.24. The van der Waals surface area contributed by atoms with Crippen LogP contribution in [0.15, 0.2) is 97.6 Å². The molecule has 1 aliphatic heterocycles. The first-order chi connectivity index (χ1) is 34.3. The van der Waals surface area contributed by atoms with Crippen LogP contribution in [0, 0.1) is 26.3 Å². The van der Waals surface area contributed by atoms with Gasteiger partial charge in [-0.05, 0) is 157 Å². The number of halogens is 4. The molecule has 0 amide bonds. The van der Waals surface area contributed by atoms with Gasteiger partial charge >= 0.3 is 0 Å². The van der Waals surface area contributed by atoms with Gasteiger partial charge in [-0.1, -0.05) is 24.3 Å². The normalized spacial score (nSPS) is 12.2. The quantitative estimate of drug-likeness (QED) is 0.0367. The van der Waals surface area contributed by atoms with Crippen molar-refractivity contribution in [2.24, 2.45) is 0 Å². The Morgan fingerprint density at radius 2 is 1.07 bits per heavy atom. The highest BCUT2D eigenvalue weighted by atomic mass is 35.5. The summed E-state index contributed by atoms with van der Waals surface area (Å²) in [5.41, 5.74) is 11.0. The van der Waals surface area contributed by atoms with Crippen molar-refractivity contribution in [3.8, 4) is 0 Å². The highest BCUT2D eigenvalue weighted by Gasteiger charge is 2.22. The second kappa shape index (κ2) is 27.8. The van der Waals surface area contributed by atoms with Crippen LogP contribution >= 0.6 is 46.4 Å². The van der Waals surface area contributed by atoms with Crippen molar-refractivity contribution in [1.29, 1.82) is 0 Å². The number of ketones is 1. The smallest absolute Gasteiger partial charge is 0.188 e. The minimum Gasteiger partial charge on any atom is -0.381 e. The lowest BCUT2D eigenvalue weighted by atomic mass is 10.0. The molecule has 70 heavy (non-hydrogen) atoms. The van der Waals surface area contributed by atoms with Gasteiger partial charge in [-0.15, -0.1) is 46.4 Å². The number of nitrogens with zero attached hydrogens (tertiary/aromatic N) is 5. The summed E-state index contributed by atoms with van der Waals surface area (Å²) in [6, 6.07) is 22.9. The molecule has 0 spiro atoms. The molecule has 1 atom stereocenters. The van der Waals surface area contributed by atoms with E-state index in [1.807, 2.05) is 60.8 Å². The number of hydrogen-bond donors (Lipinski definition) is 3. The Labute approximate surface area is 430 Å². The summed E-state index contributed by atoms with van der Waals surface area (Å²) in [6.45, 7) is 30.8. The van der Waals surface area contributed by atoms with Crippen LogP contribution in [0.4, 0.5) is 22.7 Å². The van der Waals surface area contributed by atoms with Crippen molar-refractivity contribution in [2.45, 2.75) is 83.1 Å². The van der Waals surface area contributed by atoms with E-state index in [1.54, 1.807) is 18.3 Å². The fourth-order valence-electron chi connectivity index (χ4n) is 8.57. The molecule has 1 fully saturated rings. The van der Waals surface area contributed by atoms with Crippen LogP contribution in [-0.2, 0) is 17.6 Å². The van der Waals surface area contributed by atoms with Crippen LogP contribution in [-0.4, -0.2) is 62.0 Å². The van der Waals surface area contributed by atoms with Crippen molar-refractivity contribution >= 4 is 119 Å². The van der Waals surface area contributed by atoms with Crippen LogP contribution in [0.1, 0.15) is 97.3 Å². The molecule has 5 heterocycles. The Kier molecular flexibility index (Phi) is 21.1. The van der Waals surface area contributed by atoms with E-state index in [0.717, 1.165) is 114 Å². The van der Waals surface area contributed by atoms with E-state index in [-0.39, 0.29) is 11.8 Å². The second-order valence-electron chi connectivity index (χ2n) is 16.8. The van der Waals surface area contributed by atoms with Gasteiger partial charge in [-0.3, -0.25) is 4.79 Å². The highest BCUT2D eigenvalue weighted by Crippen LogP contribution is 2.38. The Hall–Kier alpha value is -6.21. The number of carbonyl (C=O) groups excluding carboxylic acids is 1. The van der Waals surface area contributed by atoms with Gasteiger partial charge in [0.15, 0.2) is 28.5 Å². The summed E-state index contributed by atoms with van der Waals surface area (Å²) in [7, 11) is 0. The number of benzene rings is 4. The van der Waals surface area contributed by atoms with E-state index in [4.69, 9.17) is 77.4 Å². The van der Waals surface area contributed by atoms with Crippen LogP contribution in [0.25, 0.3) is 63.0 Å². The van der Waals surface area contributed by atoms with Gasteiger partial charge in [0, 0.05) is 95.6 Å². The zero-order valence-electron chi connectivity index (χ0n) is 39.1. The first-order valence-electron chi connectivity index (χ1n) is 23.6. The average Bonchev–Trinajstić information content (AvgIpc) is 4.28. The lowest BCUT2D eigenvalue weighted by molar-refractivity contribution is 0.0983. The van der Waals surface area contributed by atoms with Gasteiger partial charge in [0.25, 0.3) is 0 Å². The van der Waals surface area contributed by atoms with Gasteiger partial charge in [0.1, 0.15) is 0 Å². The zero-order valence-corrected chi connectivity index (χ0v) is 42.1. The molecule has 1 unspecified atom stereocenters. The molecule has 4 aromatic carbocycles. The van der Waals surface area contributed by atoms with E-state index in [1.165, 1.54) is 29.4 Å². The fraction of sp³-hybridized carbons (Fsp3) is 0.339. The SMILES string of the molecule is C1CCOC1.[C-]#[N+]c1ccc2[nH]cc(C(=O)CCCCl)c2c1.[C-]#[N+]c1ccc2[nH]cc(C(CCCCl)n3cc(CCCCCl)c4cc([N+]#[C-])ccc43)c2c1.[C-]#[N+]c1ccc2[nH]cc(CCCCCl)c2c1. The third-order valence-electron chi connectivity index (χ3n) is 12.2. The molecule has 8 aromatic rings. The van der Waals surface area contributed by atoms with E-state index >= 15 is 0 Å². The monoisotopic (exact) mass is 1010 g/mol. The Morgan fingerprint density at radius 1 is 0.571 bits per heavy atom. The number of carbonyl (C=O) groups is 1. The number of alkyl halides is 4. The van der Waals surface area contributed by atoms with Crippen LogP contribution in [0.2, 0.25) is 0 Å². The average molecular weight is 1010 g/mol.